The Labute approximate surface area is 134 Å². The summed E-state index contributed by atoms with van der Waals surface area (Å²) >= 11 is 12.8. The van der Waals surface area contributed by atoms with E-state index in [1.807, 2.05) is 42.5 Å². The molecule has 2 aromatic rings. The molecular formula is C14H12Br2ClNO. The number of nitrogens with one attached hydrogen (secondary N) is 1. The van der Waals surface area contributed by atoms with Crippen LogP contribution in [0.2, 0.25) is 5.02 Å². The normalized spacial score (nSPS) is 10.3. The molecule has 0 amide bonds. The van der Waals surface area contributed by atoms with Crippen molar-refractivity contribution in [2.75, 3.05) is 18.5 Å². The van der Waals surface area contributed by atoms with Gasteiger partial charge >= 0.3 is 0 Å². The van der Waals surface area contributed by atoms with Crippen LogP contribution in [0.4, 0.5) is 5.69 Å². The van der Waals surface area contributed by atoms with Crippen LogP contribution in [0, 0.1) is 0 Å². The highest BCUT2D eigenvalue weighted by Gasteiger charge is 2.00. The van der Waals surface area contributed by atoms with Crippen molar-refractivity contribution in [1.29, 1.82) is 0 Å². The van der Waals surface area contributed by atoms with Crippen molar-refractivity contribution in [2.24, 2.45) is 0 Å². The summed E-state index contributed by atoms with van der Waals surface area (Å²) in [7, 11) is 0. The number of hydrogen-bond acceptors (Lipinski definition) is 2. The number of rotatable bonds is 5. The standard InChI is InChI=1S/C14H12Br2ClNO/c15-10-2-1-3-12(8-10)19-7-6-18-14-9-11(17)4-5-13(14)16/h1-5,8-9,18H,6-7H2. The van der Waals surface area contributed by atoms with E-state index in [0.717, 1.165) is 20.4 Å². The lowest BCUT2D eigenvalue weighted by Gasteiger charge is -2.10. The molecule has 0 atom stereocenters. The van der Waals surface area contributed by atoms with E-state index in [1.165, 1.54) is 0 Å². The van der Waals surface area contributed by atoms with E-state index in [2.05, 4.69) is 37.2 Å². The molecule has 0 unspecified atom stereocenters. The molecule has 0 aliphatic heterocycles. The molecule has 0 bridgehead atoms. The van der Waals surface area contributed by atoms with Crippen LogP contribution in [0.1, 0.15) is 0 Å². The van der Waals surface area contributed by atoms with Gasteiger partial charge in [-0.25, -0.2) is 0 Å². The largest absolute Gasteiger partial charge is 0.492 e. The van der Waals surface area contributed by atoms with Crippen molar-refractivity contribution < 1.29 is 4.74 Å². The monoisotopic (exact) mass is 403 g/mol. The highest BCUT2D eigenvalue weighted by atomic mass is 79.9. The fourth-order valence-electron chi connectivity index (χ4n) is 1.54. The summed E-state index contributed by atoms with van der Waals surface area (Å²) in [4.78, 5) is 0. The third-order valence-electron chi connectivity index (χ3n) is 2.41. The van der Waals surface area contributed by atoms with Crippen LogP contribution in [-0.4, -0.2) is 13.2 Å². The Hall–Kier alpha value is -0.710. The van der Waals surface area contributed by atoms with Crippen molar-refractivity contribution >= 4 is 49.1 Å². The summed E-state index contributed by atoms with van der Waals surface area (Å²) in [6.45, 7) is 1.28. The molecule has 0 fully saturated rings. The maximum Gasteiger partial charge on any atom is 0.120 e. The minimum atomic E-state index is 0.579. The quantitative estimate of drug-likeness (QED) is 0.677. The number of halogens is 3. The maximum atomic E-state index is 5.95. The molecule has 2 nitrogen and oxygen atoms in total. The summed E-state index contributed by atoms with van der Waals surface area (Å²) in [5.74, 6) is 0.848. The van der Waals surface area contributed by atoms with Crippen LogP contribution in [0.25, 0.3) is 0 Å². The van der Waals surface area contributed by atoms with Crippen LogP contribution < -0.4 is 10.1 Å². The minimum absolute atomic E-state index is 0.579. The topological polar surface area (TPSA) is 21.3 Å². The summed E-state index contributed by atoms with van der Waals surface area (Å²) in [5.41, 5.74) is 0.963. The van der Waals surface area contributed by atoms with Gasteiger partial charge in [0.1, 0.15) is 12.4 Å². The van der Waals surface area contributed by atoms with Crippen LogP contribution in [0.3, 0.4) is 0 Å². The predicted molar refractivity (Wildman–Crippen MR) is 87.3 cm³/mol. The average Bonchev–Trinajstić information content (AvgIpc) is 2.39. The first-order chi connectivity index (χ1) is 9.15. The zero-order chi connectivity index (χ0) is 13.7. The van der Waals surface area contributed by atoms with Crippen molar-refractivity contribution in [3.05, 3.63) is 56.4 Å². The number of anilines is 1. The smallest absolute Gasteiger partial charge is 0.120 e. The molecule has 0 saturated heterocycles. The van der Waals surface area contributed by atoms with Crippen molar-refractivity contribution in [1.82, 2.24) is 0 Å². The molecule has 5 heteroatoms. The van der Waals surface area contributed by atoms with E-state index in [-0.39, 0.29) is 0 Å². The molecule has 100 valence electrons. The van der Waals surface area contributed by atoms with Gasteiger partial charge in [-0.1, -0.05) is 33.6 Å². The summed E-state index contributed by atoms with van der Waals surface area (Å²) in [5, 5.41) is 3.98. The molecule has 0 aliphatic carbocycles. The first-order valence-electron chi connectivity index (χ1n) is 5.72. The second kappa shape index (κ2) is 7.17. The maximum absolute atomic E-state index is 5.95. The molecule has 0 aromatic heterocycles. The first-order valence-corrected chi connectivity index (χ1v) is 7.69. The lowest BCUT2D eigenvalue weighted by molar-refractivity contribution is 0.332. The number of hydrogen-bond donors (Lipinski definition) is 1. The SMILES string of the molecule is Clc1ccc(Br)c(NCCOc2cccc(Br)c2)c1. The summed E-state index contributed by atoms with van der Waals surface area (Å²) < 4.78 is 7.63. The van der Waals surface area contributed by atoms with Crippen molar-refractivity contribution in [3.8, 4) is 5.75 Å². The number of benzene rings is 2. The molecule has 2 rings (SSSR count). The van der Waals surface area contributed by atoms with Gasteiger partial charge in [0.2, 0.25) is 0 Å². The van der Waals surface area contributed by atoms with Crippen LogP contribution in [0.5, 0.6) is 5.75 Å². The van der Waals surface area contributed by atoms with Crippen molar-refractivity contribution in [2.45, 2.75) is 0 Å². The third kappa shape index (κ3) is 4.71. The summed E-state index contributed by atoms with van der Waals surface area (Å²) in [6.07, 6.45) is 0. The molecular weight excluding hydrogens is 393 g/mol. The van der Waals surface area contributed by atoms with Gasteiger partial charge in [0.25, 0.3) is 0 Å². The predicted octanol–water partition coefficient (Wildman–Crippen LogP) is 5.36. The van der Waals surface area contributed by atoms with Gasteiger partial charge < -0.3 is 10.1 Å². The second-order valence-electron chi connectivity index (χ2n) is 3.86. The van der Waals surface area contributed by atoms with E-state index in [9.17, 15) is 0 Å². The third-order valence-corrected chi connectivity index (χ3v) is 3.83. The van der Waals surface area contributed by atoms with Gasteiger partial charge in [-0.2, -0.15) is 0 Å². The van der Waals surface area contributed by atoms with Gasteiger partial charge in [0.15, 0.2) is 0 Å². The highest BCUT2D eigenvalue weighted by molar-refractivity contribution is 9.10. The fraction of sp³-hybridized carbons (Fsp3) is 0.143. The Morgan fingerprint density at radius 3 is 2.74 bits per heavy atom. The van der Waals surface area contributed by atoms with Crippen LogP contribution >= 0.6 is 43.5 Å². The zero-order valence-electron chi connectivity index (χ0n) is 10.00. The van der Waals surface area contributed by atoms with Crippen molar-refractivity contribution in [3.63, 3.8) is 0 Å². The lowest BCUT2D eigenvalue weighted by Crippen LogP contribution is -2.11. The Bertz CT molecular complexity index is 563. The van der Waals surface area contributed by atoms with E-state index in [4.69, 9.17) is 16.3 Å². The Balaban J connectivity index is 1.82. The van der Waals surface area contributed by atoms with E-state index in [1.54, 1.807) is 0 Å². The van der Waals surface area contributed by atoms with Crippen LogP contribution in [-0.2, 0) is 0 Å². The Morgan fingerprint density at radius 1 is 1.11 bits per heavy atom. The van der Waals surface area contributed by atoms with E-state index in [0.29, 0.717) is 18.2 Å². The summed E-state index contributed by atoms with van der Waals surface area (Å²) in [6, 6.07) is 13.4. The molecule has 0 radical (unpaired) electrons. The highest BCUT2D eigenvalue weighted by Crippen LogP contribution is 2.25. The molecule has 0 aliphatic rings. The first kappa shape index (κ1) is 14.7. The molecule has 19 heavy (non-hydrogen) atoms. The fourth-order valence-corrected chi connectivity index (χ4v) is 2.48. The lowest BCUT2D eigenvalue weighted by atomic mass is 10.3. The van der Waals surface area contributed by atoms with E-state index >= 15 is 0 Å². The molecule has 0 heterocycles. The Kier molecular flexibility index (Phi) is 5.55. The van der Waals surface area contributed by atoms with Gasteiger partial charge in [-0.15, -0.1) is 0 Å². The number of ether oxygens (including phenoxy) is 1. The van der Waals surface area contributed by atoms with Gasteiger partial charge in [0.05, 0.1) is 5.69 Å². The zero-order valence-corrected chi connectivity index (χ0v) is 13.9. The Morgan fingerprint density at radius 2 is 1.95 bits per heavy atom. The molecule has 0 saturated carbocycles. The molecule has 0 spiro atoms. The van der Waals surface area contributed by atoms with Crippen LogP contribution in [0.15, 0.2) is 51.4 Å². The second-order valence-corrected chi connectivity index (χ2v) is 6.06. The van der Waals surface area contributed by atoms with Gasteiger partial charge in [-0.3, -0.25) is 0 Å². The average molecular weight is 406 g/mol. The molecule has 2 aromatic carbocycles. The van der Waals surface area contributed by atoms with Gasteiger partial charge in [0, 0.05) is 20.5 Å². The minimum Gasteiger partial charge on any atom is -0.492 e. The molecule has 1 N–H and O–H groups in total. The van der Waals surface area contributed by atoms with Gasteiger partial charge in [-0.05, 0) is 52.3 Å². The van der Waals surface area contributed by atoms with E-state index < -0.39 is 0 Å².